The van der Waals surface area contributed by atoms with Crippen molar-refractivity contribution in [3.8, 4) is 0 Å². The predicted molar refractivity (Wildman–Crippen MR) is 52.5 cm³/mol. The van der Waals surface area contributed by atoms with Crippen LogP contribution in [0.1, 0.15) is 25.7 Å². The molecule has 0 aliphatic heterocycles. The van der Waals surface area contributed by atoms with Gasteiger partial charge in [-0.15, -0.1) is 0 Å². The Morgan fingerprint density at radius 1 is 1.25 bits per heavy atom. The fraction of sp³-hybridized carbons (Fsp3) is 0.875. The van der Waals surface area contributed by atoms with Gasteiger partial charge < -0.3 is 10.8 Å². The Hall–Kier alpha value is -0.220. The summed E-state index contributed by atoms with van der Waals surface area (Å²) >= 11 is 1.84. The number of carboxylic acid groups (broad SMARTS) is 1. The van der Waals surface area contributed by atoms with Crippen molar-refractivity contribution in [3.63, 3.8) is 0 Å². The first kappa shape index (κ1) is 11.8. The summed E-state index contributed by atoms with van der Waals surface area (Å²) in [6.07, 6.45) is 3.24. The van der Waals surface area contributed by atoms with Crippen LogP contribution < -0.4 is 5.73 Å². The first-order valence-corrected chi connectivity index (χ1v) is 5.42. The molecule has 0 rings (SSSR count). The number of thioether (sulfide) groups is 1. The van der Waals surface area contributed by atoms with Crippen LogP contribution in [0.3, 0.4) is 0 Å². The van der Waals surface area contributed by atoms with Crippen molar-refractivity contribution in [1.29, 1.82) is 0 Å². The molecule has 72 valence electrons. The van der Waals surface area contributed by atoms with Gasteiger partial charge in [0.1, 0.15) is 0 Å². The average molecular weight is 191 g/mol. The summed E-state index contributed by atoms with van der Waals surface area (Å²) in [6, 6.07) is 0. The molecule has 0 saturated heterocycles. The molecule has 0 spiro atoms. The second kappa shape index (κ2) is 8.87. The van der Waals surface area contributed by atoms with E-state index in [1.54, 1.807) is 0 Å². The second-order valence-electron chi connectivity index (χ2n) is 2.61. The number of carbonyl (C=O) groups is 1. The molecule has 0 heterocycles. The van der Waals surface area contributed by atoms with Crippen molar-refractivity contribution in [1.82, 2.24) is 0 Å². The molecule has 0 bridgehead atoms. The summed E-state index contributed by atoms with van der Waals surface area (Å²) in [5.74, 6) is 1.43. The van der Waals surface area contributed by atoms with Crippen LogP contribution in [0.4, 0.5) is 0 Å². The predicted octanol–water partition coefficient (Wildman–Crippen LogP) is 1.32. The zero-order valence-electron chi connectivity index (χ0n) is 7.29. The number of carboxylic acids is 1. The van der Waals surface area contributed by atoms with E-state index < -0.39 is 5.97 Å². The van der Waals surface area contributed by atoms with Gasteiger partial charge in [-0.05, 0) is 18.6 Å². The highest BCUT2D eigenvalue weighted by Crippen LogP contribution is 2.06. The first-order chi connectivity index (χ1) is 5.77. The van der Waals surface area contributed by atoms with Gasteiger partial charge in [0.2, 0.25) is 0 Å². The van der Waals surface area contributed by atoms with Crippen LogP contribution in [0.25, 0.3) is 0 Å². The molecule has 0 saturated carbocycles. The summed E-state index contributed by atoms with van der Waals surface area (Å²) in [4.78, 5) is 10.1. The second-order valence-corrected chi connectivity index (χ2v) is 3.83. The van der Waals surface area contributed by atoms with Gasteiger partial charge in [-0.25, -0.2) is 0 Å². The van der Waals surface area contributed by atoms with E-state index in [4.69, 9.17) is 10.8 Å². The van der Waals surface area contributed by atoms with E-state index in [1.807, 2.05) is 11.8 Å². The smallest absolute Gasteiger partial charge is 0.303 e. The fourth-order valence-corrected chi connectivity index (χ4v) is 1.62. The maximum absolute atomic E-state index is 10.1. The lowest BCUT2D eigenvalue weighted by Gasteiger charge is -1.98. The molecule has 3 N–H and O–H groups in total. The van der Waals surface area contributed by atoms with Crippen LogP contribution in [0.5, 0.6) is 0 Å². The summed E-state index contributed by atoms with van der Waals surface area (Å²) in [5.41, 5.74) is 5.31. The van der Waals surface area contributed by atoms with E-state index in [0.717, 1.165) is 37.3 Å². The molecule has 3 nitrogen and oxygen atoms in total. The van der Waals surface area contributed by atoms with Crippen molar-refractivity contribution in [2.75, 3.05) is 18.1 Å². The van der Waals surface area contributed by atoms with Crippen molar-refractivity contribution in [2.45, 2.75) is 25.7 Å². The molecule has 12 heavy (non-hydrogen) atoms. The normalized spacial score (nSPS) is 10.1. The van der Waals surface area contributed by atoms with E-state index in [-0.39, 0.29) is 0 Å². The minimum Gasteiger partial charge on any atom is -0.481 e. The maximum atomic E-state index is 10.1. The van der Waals surface area contributed by atoms with Crippen molar-refractivity contribution < 1.29 is 9.90 Å². The Bertz CT molecular complexity index is 120. The molecule has 0 aliphatic carbocycles. The molecular formula is C8H17NO2S. The van der Waals surface area contributed by atoms with E-state index in [9.17, 15) is 4.79 Å². The van der Waals surface area contributed by atoms with Gasteiger partial charge >= 0.3 is 5.97 Å². The molecule has 0 amide bonds. The molecule has 0 unspecified atom stereocenters. The molecule has 0 aliphatic rings. The molecule has 0 aromatic carbocycles. The fourth-order valence-electron chi connectivity index (χ4n) is 0.843. The van der Waals surface area contributed by atoms with Crippen molar-refractivity contribution in [2.24, 2.45) is 5.73 Å². The molecule has 0 radical (unpaired) electrons. The Morgan fingerprint density at radius 3 is 2.58 bits per heavy atom. The van der Waals surface area contributed by atoms with Gasteiger partial charge in [0.15, 0.2) is 0 Å². The number of hydrogen-bond acceptors (Lipinski definition) is 3. The average Bonchev–Trinajstić information content (AvgIpc) is 2.02. The molecule has 0 fully saturated rings. The summed E-state index contributed by atoms with van der Waals surface area (Å²) in [5, 5.41) is 8.33. The van der Waals surface area contributed by atoms with Gasteiger partial charge in [-0.3, -0.25) is 4.79 Å². The van der Waals surface area contributed by atoms with Gasteiger partial charge in [-0.1, -0.05) is 6.42 Å². The minimum atomic E-state index is -0.690. The lowest BCUT2D eigenvalue weighted by atomic mass is 10.2. The summed E-state index contributed by atoms with van der Waals surface area (Å²) < 4.78 is 0. The standard InChI is InChI=1S/C8H17NO2S/c9-5-7-12-6-3-1-2-4-8(10)11/h1-7,9H2,(H,10,11). The number of rotatable bonds is 8. The molecule has 4 heteroatoms. The van der Waals surface area contributed by atoms with Crippen molar-refractivity contribution >= 4 is 17.7 Å². The third-order valence-electron chi connectivity index (χ3n) is 1.44. The van der Waals surface area contributed by atoms with Gasteiger partial charge in [0.25, 0.3) is 0 Å². The quantitative estimate of drug-likeness (QED) is 0.568. The Kier molecular flexibility index (Phi) is 8.71. The van der Waals surface area contributed by atoms with E-state index in [2.05, 4.69) is 0 Å². The Labute approximate surface area is 77.7 Å². The van der Waals surface area contributed by atoms with Crippen molar-refractivity contribution in [3.05, 3.63) is 0 Å². The number of nitrogens with two attached hydrogens (primary N) is 1. The molecule has 0 aromatic rings. The topological polar surface area (TPSA) is 63.3 Å². The maximum Gasteiger partial charge on any atom is 0.303 e. The van der Waals surface area contributed by atoms with E-state index >= 15 is 0 Å². The lowest BCUT2D eigenvalue weighted by Crippen LogP contribution is -2.01. The number of aliphatic carboxylic acids is 1. The Morgan fingerprint density at radius 2 is 2.00 bits per heavy atom. The SMILES string of the molecule is NCCSCCCCCC(=O)O. The van der Waals surface area contributed by atoms with Crippen LogP contribution in [-0.2, 0) is 4.79 Å². The van der Waals surface area contributed by atoms with E-state index in [1.165, 1.54) is 0 Å². The summed E-state index contributed by atoms with van der Waals surface area (Å²) in [7, 11) is 0. The number of unbranched alkanes of at least 4 members (excludes halogenated alkanes) is 2. The zero-order valence-corrected chi connectivity index (χ0v) is 8.11. The van der Waals surface area contributed by atoms with Gasteiger partial charge in [-0.2, -0.15) is 11.8 Å². The van der Waals surface area contributed by atoms with Crippen LogP contribution in [0, 0.1) is 0 Å². The number of hydrogen-bond donors (Lipinski definition) is 2. The Balaban J connectivity index is 2.86. The largest absolute Gasteiger partial charge is 0.481 e. The highest BCUT2D eigenvalue weighted by Gasteiger charge is 1.95. The lowest BCUT2D eigenvalue weighted by molar-refractivity contribution is -0.137. The monoisotopic (exact) mass is 191 g/mol. The highest BCUT2D eigenvalue weighted by atomic mass is 32.2. The van der Waals surface area contributed by atoms with E-state index in [0.29, 0.717) is 6.42 Å². The third kappa shape index (κ3) is 9.78. The first-order valence-electron chi connectivity index (χ1n) is 4.27. The van der Waals surface area contributed by atoms with Crippen LogP contribution in [-0.4, -0.2) is 29.1 Å². The van der Waals surface area contributed by atoms with Gasteiger partial charge in [0, 0.05) is 18.7 Å². The van der Waals surface area contributed by atoms with Gasteiger partial charge in [0.05, 0.1) is 0 Å². The minimum absolute atomic E-state index is 0.307. The highest BCUT2D eigenvalue weighted by molar-refractivity contribution is 7.99. The molecule has 0 atom stereocenters. The summed E-state index contributed by atoms with van der Waals surface area (Å²) in [6.45, 7) is 0.736. The third-order valence-corrected chi connectivity index (χ3v) is 2.54. The van der Waals surface area contributed by atoms with Crippen LogP contribution in [0.15, 0.2) is 0 Å². The molecule has 0 aromatic heterocycles. The van der Waals surface area contributed by atoms with Crippen LogP contribution in [0.2, 0.25) is 0 Å². The molecular weight excluding hydrogens is 174 g/mol. The zero-order chi connectivity index (χ0) is 9.23. The van der Waals surface area contributed by atoms with Crippen LogP contribution >= 0.6 is 11.8 Å².